The van der Waals surface area contributed by atoms with E-state index >= 15 is 0 Å². The molecular formula is C64H146O2. The molecule has 2 heteroatoms. The number of hydrogen-bond acceptors (Lipinski definition) is 1. The second-order valence-corrected chi connectivity index (χ2v) is 18.7. The lowest BCUT2D eigenvalue weighted by atomic mass is 9.99. The lowest BCUT2D eigenvalue weighted by Gasteiger charge is -2.08. The molecule has 0 saturated carbocycles. The molecule has 0 bridgehead atoms. The van der Waals surface area contributed by atoms with Crippen LogP contribution in [0.1, 0.15) is 408 Å². The van der Waals surface area contributed by atoms with Crippen LogP contribution in [0.3, 0.4) is 0 Å². The Kier molecular flexibility index (Phi) is 154. The van der Waals surface area contributed by atoms with E-state index in [2.05, 4.69) is 132 Å². The molecule has 0 aromatic rings. The van der Waals surface area contributed by atoms with Crippen molar-refractivity contribution in [3.63, 3.8) is 0 Å². The molecule has 0 aromatic carbocycles. The Labute approximate surface area is 428 Å². The molecule has 66 heavy (non-hydrogen) atoms. The molecular weight excluding hydrogens is 801 g/mol. The van der Waals surface area contributed by atoms with Gasteiger partial charge in [-0.1, -0.05) is 395 Å². The molecule has 0 aliphatic heterocycles. The summed E-state index contributed by atoms with van der Waals surface area (Å²) in [4.78, 5) is 10.6. The Morgan fingerprint density at radius 2 is 0.348 bits per heavy atom. The Morgan fingerprint density at radius 3 is 0.439 bits per heavy atom. The lowest BCUT2D eigenvalue weighted by molar-refractivity contribution is -0.142. The van der Waals surface area contributed by atoms with E-state index in [4.69, 9.17) is 5.11 Å². The number of carboxylic acids is 1. The van der Waals surface area contributed by atoms with Gasteiger partial charge in [-0.05, 0) is 12.8 Å². The molecule has 0 spiro atoms. The fourth-order valence-electron chi connectivity index (χ4n) is 5.82. The molecule has 0 saturated heterocycles. The zero-order valence-electron chi connectivity index (χ0n) is 51.6. The van der Waals surface area contributed by atoms with E-state index in [9.17, 15) is 4.79 Å². The van der Waals surface area contributed by atoms with E-state index in [0.717, 1.165) is 19.3 Å². The van der Waals surface area contributed by atoms with Gasteiger partial charge in [-0.2, -0.15) is 0 Å². The first-order valence-corrected chi connectivity index (χ1v) is 31.2. The van der Waals surface area contributed by atoms with Crippen molar-refractivity contribution in [3.8, 4) is 0 Å². The molecule has 0 fully saturated rings. The molecule has 1 atom stereocenters. The van der Waals surface area contributed by atoms with Crippen LogP contribution in [0.25, 0.3) is 0 Å². The van der Waals surface area contributed by atoms with Crippen LogP contribution in [0.15, 0.2) is 0 Å². The first-order valence-electron chi connectivity index (χ1n) is 31.2. The van der Waals surface area contributed by atoms with Crippen molar-refractivity contribution < 1.29 is 9.90 Å². The van der Waals surface area contributed by atoms with Gasteiger partial charge in [-0.15, -0.1) is 0 Å². The van der Waals surface area contributed by atoms with Crippen LogP contribution in [0, 0.1) is 5.92 Å². The van der Waals surface area contributed by atoms with Crippen molar-refractivity contribution >= 4 is 5.97 Å². The third-order valence-corrected chi connectivity index (χ3v) is 10.9. The van der Waals surface area contributed by atoms with Gasteiger partial charge in [0.25, 0.3) is 0 Å². The Morgan fingerprint density at radius 1 is 0.227 bits per heavy atom. The summed E-state index contributed by atoms with van der Waals surface area (Å²) < 4.78 is 0. The number of aliphatic carboxylic acids is 1. The average Bonchev–Trinajstić information content (AvgIpc) is 3.34. The summed E-state index contributed by atoms with van der Waals surface area (Å²) in [5, 5.41) is 8.73. The summed E-state index contributed by atoms with van der Waals surface area (Å²) in [5.74, 6) is -0.740. The fourth-order valence-corrected chi connectivity index (χ4v) is 5.82. The van der Waals surface area contributed by atoms with Crippen LogP contribution in [0.4, 0.5) is 0 Å². The predicted molar refractivity (Wildman–Crippen MR) is 319 cm³/mol. The maximum absolute atomic E-state index is 10.6. The molecule has 0 amide bonds. The topological polar surface area (TPSA) is 37.3 Å². The maximum atomic E-state index is 10.6. The van der Waals surface area contributed by atoms with Gasteiger partial charge in [-0.3, -0.25) is 4.79 Å². The fraction of sp³-hybridized carbons (Fsp3) is 0.984. The highest BCUT2D eigenvalue weighted by Crippen LogP contribution is 2.14. The number of carbonyl (C=O) groups is 1. The Hall–Kier alpha value is -0.530. The molecule has 0 aromatic heterocycles. The molecule has 414 valence electrons. The monoisotopic (exact) mass is 947 g/mol. The van der Waals surface area contributed by atoms with Crippen LogP contribution in [0.2, 0.25) is 0 Å². The molecule has 0 aliphatic rings. The molecule has 0 heterocycles. The van der Waals surface area contributed by atoms with Gasteiger partial charge < -0.3 is 5.11 Å². The van der Waals surface area contributed by atoms with Crippen LogP contribution >= 0.6 is 0 Å². The highest BCUT2D eigenvalue weighted by Gasteiger charge is 2.13. The molecule has 0 radical (unpaired) electrons. The third-order valence-electron chi connectivity index (χ3n) is 10.9. The largest absolute Gasteiger partial charge is 0.481 e. The van der Waals surface area contributed by atoms with E-state index < -0.39 is 5.97 Å². The summed E-state index contributed by atoms with van der Waals surface area (Å²) in [7, 11) is 0. The molecule has 1 unspecified atom stereocenters. The summed E-state index contributed by atoms with van der Waals surface area (Å²) in [6, 6.07) is 0. The Bertz CT molecular complexity index is 437. The van der Waals surface area contributed by atoms with E-state index in [1.807, 2.05) is 6.92 Å². The number of carboxylic acid groups (broad SMARTS) is 1. The minimum absolute atomic E-state index is 0.109. The zero-order valence-corrected chi connectivity index (χ0v) is 51.6. The van der Waals surface area contributed by atoms with Gasteiger partial charge in [-0.25, -0.2) is 0 Å². The van der Waals surface area contributed by atoms with Gasteiger partial charge >= 0.3 is 5.97 Å². The van der Waals surface area contributed by atoms with Crippen LogP contribution in [-0.2, 0) is 4.79 Å². The third kappa shape index (κ3) is 167. The molecule has 2 nitrogen and oxygen atoms in total. The van der Waals surface area contributed by atoms with Gasteiger partial charge in [0.2, 0.25) is 0 Å². The minimum Gasteiger partial charge on any atom is -0.481 e. The van der Waals surface area contributed by atoms with Crippen molar-refractivity contribution in [2.45, 2.75) is 408 Å². The van der Waals surface area contributed by atoms with E-state index in [-0.39, 0.29) is 5.92 Å². The van der Waals surface area contributed by atoms with E-state index in [1.165, 1.54) is 250 Å². The van der Waals surface area contributed by atoms with Crippen molar-refractivity contribution in [2.24, 2.45) is 5.92 Å². The van der Waals surface area contributed by atoms with Gasteiger partial charge in [0, 0.05) is 0 Å². The van der Waals surface area contributed by atoms with Crippen LogP contribution < -0.4 is 0 Å². The van der Waals surface area contributed by atoms with Crippen molar-refractivity contribution in [2.75, 3.05) is 0 Å². The summed E-state index contributed by atoms with van der Waals surface area (Å²) >= 11 is 0. The van der Waals surface area contributed by atoms with Crippen molar-refractivity contribution in [1.82, 2.24) is 0 Å². The highest BCUT2D eigenvalue weighted by atomic mass is 16.4. The van der Waals surface area contributed by atoms with E-state index in [1.54, 1.807) is 0 Å². The standard InChI is InChI=1S/C10H20O2.9C6H14/c1-3-5-6-7-8-9(4-2)10(11)12;9*1-3-5-6-4-2/h9H,3-8H2,1-2H3,(H,11,12);9*3-6H2,1-2H3. The van der Waals surface area contributed by atoms with E-state index in [0.29, 0.717) is 0 Å². The second kappa shape index (κ2) is 115. The average molecular weight is 948 g/mol. The van der Waals surface area contributed by atoms with Crippen LogP contribution in [0.5, 0.6) is 0 Å². The quantitative estimate of drug-likeness (QED) is 0.0653. The van der Waals surface area contributed by atoms with Crippen LogP contribution in [-0.4, -0.2) is 11.1 Å². The SMILES string of the molecule is CCCCCC.CCCCCC.CCCCCC.CCCCCC.CCCCCC.CCCCCC.CCCCCC.CCCCCC.CCCCCC.CCCCCCC(CC)C(=O)O. The number of unbranched alkanes of at least 4 members (excludes halogenated alkanes) is 30. The van der Waals surface area contributed by atoms with Gasteiger partial charge in [0.1, 0.15) is 0 Å². The normalized spacial score (nSPS) is 9.70. The van der Waals surface area contributed by atoms with Crippen molar-refractivity contribution in [3.05, 3.63) is 0 Å². The van der Waals surface area contributed by atoms with Gasteiger partial charge in [0.15, 0.2) is 0 Å². The smallest absolute Gasteiger partial charge is 0.306 e. The predicted octanol–water partition coefficient (Wildman–Crippen LogP) is 26.3. The number of hydrogen-bond donors (Lipinski definition) is 1. The first kappa shape index (κ1) is 88.4. The summed E-state index contributed by atoms with van der Waals surface area (Å²) in [6.07, 6.45) is 56.1. The molecule has 0 aliphatic carbocycles. The minimum atomic E-state index is -0.631. The summed E-state index contributed by atoms with van der Waals surface area (Å²) in [5.41, 5.74) is 0. The summed E-state index contributed by atoms with van der Waals surface area (Å²) in [6.45, 7) is 44.3. The van der Waals surface area contributed by atoms with Gasteiger partial charge in [0.05, 0.1) is 5.92 Å². The molecule has 1 N–H and O–H groups in total. The first-order chi connectivity index (χ1) is 31.9. The highest BCUT2D eigenvalue weighted by molar-refractivity contribution is 5.69. The lowest BCUT2D eigenvalue weighted by Crippen LogP contribution is -2.12. The van der Waals surface area contributed by atoms with Crippen molar-refractivity contribution in [1.29, 1.82) is 0 Å². The Balaban J connectivity index is -0.0000000668. The molecule has 0 rings (SSSR count). The second-order valence-electron chi connectivity index (χ2n) is 18.7. The number of rotatable bonds is 34. The zero-order chi connectivity index (χ0) is 52.9. The maximum Gasteiger partial charge on any atom is 0.306 e.